The first-order chi connectivity index (χ1) is 19.0. The number of hydrogen-bond donors (Lipinski definition) is 1. The third-order valence-electron chi connectivity index (χ3n) is 5.80. The highest BCUT2D eigenvalue weighted by Crippen LogP contribution is 2.34. The number of nitrogens with one attached hydrogen (secondary N) is 1. The molecule has 14 heteroatoms. The van der Waals surface area contributed by atoms with Gasteiger partial charge in [0.25, 0.3) is 10.0 Å². The van der Waals surface area contributed by atoms with E-state index in [9.17, 15) is 26.0 Å². The van der Waals surface area contributed by atoms with Gasteiger partial charge >= 0.3 is 0 Å². The lowest BCUT2D eigenvalue weighted by Crippen LogP contribution is -2.42. The van der Waals surface area contributed by atoms with Gasteiger partial charge in [-0.25, -0.2) is 25.5 Å². The van der Waals surface area contributed by atoms with Crippen molar-refractivity contribution in [3.8, 4) is 17.2 Å². The van der Waals surface area contributed by atoms with Crippen molar-refractivity contribution in [2.45, 2.75) is 9.79 Å². The first kappa shape index (κ1) is 29.1. The Morgan fingerprint density at radius 3 is 2.15 bits per heavy atom. The first-order valence-electron chi connectivity index (χ1n) is 12.1. The minimum Gasteiger partial charge on any atom is -0.492 e. The molecular formula is C26H28FN3O8S2. The lowest BCUT2D eigenvalue weighted by molar-refractivity contribution is -0.119. The molecule has 1 heterocycles. The summed E-state index contributed by atoms with van der Waals surface area (Å²) >= 11 is 0. The fourth-order valence-corrected chi connectivity index (χ4v) is 6.04. The third-order valence-corrected chi connectivity index (χ3v) is 9.40. The average Bonchev–Trinajstić information content (AvgIpc) is 2.94. The number of carbonyl (C=O) groups excluding carboxylic acids is 1. The summed E-state index contributed by atoms with van der Waals surface area (Å²) in [6, 6.07) is 14.7. The molecule has 3 aromatic carbocycles. The quantitative estimate of drug-likeness (QED) is 0.335. The van der Waals surface area contributed by atoms with E-state index in [2.05, 4.69) is 5.32 Å². The van der Waals surface area contributed by atoms with Crippen molar-refractivity contribution in [2.75, 3.05) is 51.3 Å². The smallest absolute Gasteiger partial charge is 0.264 e. The van der Waals surface area contributed by atoms with Gasteiger partial charge < -0.3 is 19.5 Å². The van der Waals surface area contributed by atoms with Crippen molar-refractivity contribution in [1.82, 2.24) is 9.62 Å². The Hall–Kier alpha value is -3.88. The van der Waals surface area contributed by atoms with Gasteiger partial charge in [0.2, 0.25) is 15.9 Å². The van der Waals surface area contributed by atoms with Crippen molar-refractivity contribution < 1.29 is 40.2 Å². The highest BCUT2D eigenvalue weighted by molar-refractivity contribution is 7.92. The molecule has 0 fully saturated rings. The summed E-state index contributed by atoms with van der Waals surface area (Å²) < 4.78 is 83.5. The van der Waals surface area contributed by atoms with Crippen molar-refractivity contribution in [3.63, 3.8) is 0 Å². The van der Waals surface area contributed by atoms with Gasteiger partial charge in [-0.05, 0) is 60.7 Å². The zero-order chi connectivity index (χ0) is 28.9. The minimum absolute atomic E-state index is 0.0387. The van der Waals surface area contributed by atoms with Crippen LogP contribution in [-0.4, -0.2) is 74.1 Å². The Labute approximate surface area is 232 Å². The topological polar surface area (TPSA) is 132 Å². The largest absolute Gasteiger partial charge is 0.492 e. The van der Waals surface area contributed by atoms with Crippen LogP contribution in [0.1, 0.15) is 0 Å². The summed E-state index contributed by atoms with van der Waals surface area (Å²) in [5.74, 6) is -0.123. The zero-order valence-corrected chi connectivity index (χ0v) is 23.4. The number of sulfonamides is 2. The van der Waals surface area contributed by atoms with E-state index in [1.54, 1.807) is 0 Å². The fraction of sp³-hybridized carbons (Fsp3) is 0.269. The van der Waals surface area contributed by atoms with E-state index in [-0.39, 0.29) is 41.0 Å². The number of carbonyl (C=O) groups is 1. The van der Waals surface area contributed by atoms with Crippen LogP contribution in [-0.2, 0) is 24.8 Å². The average molecular weight is 594 g/mol. The van der Waals surface area contributed by atoms with E-state index in [0.717, 1.165) is 20.7 Å². The number of benzene rings is 3. The van der Waals surface area contributed by atoms with Crippen molar-refractivity contribution in [3.05, 3.63) is 72.5 Å². The highest BCUT2D eigenvalue weighted by Gasteiger charge is 2.29. The molecule has 4 rings (SSSR count). The van der Waals surface area contributed by atoms with Crippen LogP contribution in [0.5, 0.6) is 17.2 Å². The molecule has 11 nitrogen and oxygen atoms in total. The third kappa shape index (κ3) is 6.63. The molecule has 0 bridgehead atoms. The number of nitrogens with zero attached hydrogens (tertiary/aromatic N) is 2. The summed E-state index contributed by atoms with van der Waals surface area (Å²) in [4.78, 5) is 12.8. The summed E-state index contributed by atoms with van der Waals surface area (Å²) in [5, 5.41) is 2.60. The Kier molecular flexibility index (Phi) is 8.81. The van der Waals surface area contributed by atoms with Crippen molar-refractivity contribution in [2.24, 2.45) is 0 Å². The number of ether oxygens (including phenoxy) is 3. The summed E-state index contributed by atoms with van der Waals surface area (Å²) in [6.07, 6.45) is 0. The van der Waals surface area contributed by atoms with Crippen molar-refractivity contribution >= 4 is 31.6 Å². The Bertz CT molecular complexity index is 1560. The zero-order valence-electron chi connectivity index (χ0n) is 21.7. The van der Waals surface area contributed by atoms with Gasteiger partial charge in [0.1, 0.15) is 37.9 Å². The predicted molar refractivity (Wildman–Crippen MR) is 144 cm³/mol. The number of hydrogen-bond acceptors (Lipinski definition) is 8. The molecule has 0 aliphatic carbocycles. The maximum Gasteiger partial charge on any atom is 0.264 e. The Morgan fingerprint density at radius 2 is 1.50 bits per heavy atom. The molecule has 3 aromatic rings. The molecular weight excluding hydrogens is 565 g/mol. The lowest BCUT2D eigenvalue weighted by Gasteiger charge is -2.25. The number of halogens is 1. The second-order valence-corrected chi connectivity index (χ2v) is 12.8. The molecule has 0 atom stereocenters. The van der Waals surface area contributed by atoms with Gasteiger partial charge in [0.05, 0.1) is 22.0 Å². The summed E-state index contributed by atoms with van der Waals surface area (Å²) in [6.45, 7) is 0.102. The maximum absolute atomic E-state index is 13.6. The number of rotatable bonds is 11. The van der Waals surface area contributed by atoms with Gasteiger partial charge in [-0.1, -0.05) is 0 Å². The molecule has 0 aromatic heterocycles. The van der Waals surface area contributed by atoms with Gasteiger partial charge in [0, 0.05) is 20.2 Å². The van der Waals surface area contributed by atoms with E-state index in [1.807, 2.05) is 0 Å². The second-order valence-electron chi connectivity index (χ2n) is 8.75. The molecule has 0 spiro atoms. The van der Waals surface area contributed by atoms with Crippen LogP contribution >= 0.6 is 0 Å². The summed E-state index contributed by atoms with van der Waals surface area (Å²) in [5.41, 5.74) is 0.0930. The van der Waals surface area contributed by atoms with Crippen LogP contribution < -0.4 is 23.8 Å². The van der Waals surface area contributed by atoms with E-state index in [0.29, 0.717) is 18.1 Å². The molecule has 1 N–H and O–H groups in total. The van der Waals surface area contributed by atoms with E-state index < -0.39 is 38.3 Å². The van der Waals surface area contributed by atoms with Crippen LogP contribution in [0.2, 0.25) is 0 Å². The standard InChI is InChI=1S/C26H28FN3O8S2/c1-29(2)39(32,33)22-9-7-21(8-10-22)36-14-13-28-26(31)18-30(20-5-3-19(27)4-6-20)40(34,35)23-11-12-24-25(17-23)38-16-15-37-24/h3-12,17H,13-16,18H2,1-2H3,(H,28,31). The molecule has 1 aliphatic heterocycles. The first-order valence-corrected chi connectivity index (χ1v) is 15.0. The fourth-order valence-electron chi connectivity index (χ4n) is 3.70. The van der Waals surface area contributed by atoms with Crippen molar-refractivity contribution in [1.29, 1.82) is 0 Å². The summed E-state index contributed by atoms with van der Waals surface area (Å²) in [7, 11) is -4.97. The van der Waals surface area contributed by atoms with E-state index in [4.69, 9.17) is 14.2 Å². The lowest BCUT2D eigenvalue weighted by atomic mass is 10.3. The highest BCUT2D eigenvalue weighted by atomic mass is 32.2. The molecule has 214 valence electrons. The minimum atomic E-state index is -4.26. The molecule has 1 aliphatic rings. The van der Waals surface area contributed by atoms with Gasteiger partial charge in [-0.2, -0.15) is 0 Å². The molecule has 0 unspecified atom stereocenters. The number of fused-ring (bicyclic) bond motifs is 1. The van der Waals surface area contributed by atoms with Gasteiger partial charge in [-0.3, -0.25) is 9.10 Å². The monoisotopic (exact) mass is 593 g/mol. The molecule has 0 radical (unpaired) electrons. The van der Waals surface area contributed by atoms with Crippen LogP contribution in [0.4, 0.5) is 10.1 Å². The van der Waals surface area contributed by atoms with Crippen LogP contribution in [0.15, 0.2) is 76.5 Å². The van der Waals surface area contributed by atoms with Crippen LogP contribution in [0.25, 0.3) is 0 Å². The molecule has 40 heavy (non-hydrogen) atoms. The number of amides is 1. The van der Waals surface area contributed by atoms with Gasteiger partial charge in [0.15, 0.2) is 11.5 Å². The maximum atomic E-state index is 13.6. The molecule has 1 amide bonds. The Balaban J connectivity index is 1.42. The predicted octanol–water partition coefficient (Wildman–Crippen LogP) is 2.24. The number of anilines is 1. The van der Waals surface area contributed by atoms with Crippen LogP contribution in [0.3, 0.4) is 0 Å². The SMILES string of the molecule is CN(C)S(=O)(=O)c1ccc(OCCNC(=O)CN(c2ccc(F)cc2)S(=O)(=O)c2ccc3c(c2)OCCO3)cc1. The van der Waals surface area contributed by atoms with Crippen LogP contribution in [0, 0.1) is 5.82 Å². The Morgan fingerprint density at radius 1 is 0.875 bits per heavy atom. The van der Waals surface area contributed by atoms with Gasteiger partial charge in [-0.15, -0.1) is 0 Å². The van der Waals surface area contributed by atoms with E-state index in [1.165, 1.54) is 68.7 Å². The molecule has 0 saturated carbocycles. The second kappa shape index (κ2) is 12.1. The normalized spacial score (nSPS) is 13.1. The van der Waals surface area contributed by atoms with E-state index >= 15 is 0 Å². The molecule has 0 saturated heterocycles.